The van der Waals surface area contributed by atoms with Crippen LogP contribution >= 0.6 is 0 Å². The van der Waals surface area contributed by atoms with E-state index in [0.29, 0.717) is 5.75 Å². The third-order valence-electron chi connectivity index (χ3n) is 1.54. The molecule has 4 nitrogen and oxygen atoms in total. The highest BCUT2D eigenvalue weighted by atomic mass is 16.5. The molecule has 0 aromatic carbocycles. The van der Waals surface area contributed by atoms with Gasteiger partial charge in [0, 0.05) is 5.69 Å². The maximum Gasteiger partial charge on any atom is 0.344 e. The molecular formula is C9H11NO3. The first-order valence-electron chi connectivity index (χ1n) is 3.91. The summed E-state index contributed by atoms with van der Waals surface area (Å²) in [5.74, 6) is -0.513. The number of aliphatic carboxylic acids is 1. The molecule has 1 aromatic heterocycles. The van der Waals surface area contributed by atoms with E-state index in [0.717, 1.165) is 5.69 Å². The number of pyridine rings is 1. The van der Waals surface area contributed by atoms with Crippen molar-refractivity contribution >= 4 is 5.97 Å². The molecule has 1 heterocycles. The fourth-order valence-electron chi connectivity index (χ4n) is 0.778. The second-order valence-corrected chi connectivity index (χ2v) is 2.73. The number of aryl methyl sites for hydroxylation is 1. The van der Waals surface area contributed by atoms with E-state index in [2.05, 4.69) is 4.98 Å². The summed E-state index contributed by atoms with van der Waals surface area (Å²) < 4.78 is 5.07. The molecular weight excluding hydrogens is 170 g/mol. The molecule has 0 bridgehead atoms. The van der Waals surface area contributed by atoms with Gasteiger partial charge in [0.2, 0.25) is 0 Å². The van der Waals surface area contributed by atoms with Crippen LogP contribution in [-0.2, 0) is 4.79 Å². The van der Waals surface area contributed by atoms with Gasteiger partial charge in [-0.05, 0) is 26.0 Å². The summed E-state index contributed by atoms with van der Waals surface area (Å²) in [4.78, 5) is 14.4. The van der Waals surface area contributed by atoms with Crippen LogP contribution in [0.4, 0.5) is 0 Å². The number of carboxylic acid groups (broad SMARTS) is 1. The van der Waals surface area contributed by atoms with E-state index in [1.54, 1.807) is 12.1 Å². The maximum atomic E-state index is 10.4. The third kappa shape index (κ3) is 2.74. The predicted octanol–water partition coefficient (Wildman–Crippen LogP) is 1.24. The zero-order chi connectivity index (χ0) is 9.84. The van der Waals surface area contributed by atoms with Crippen molar-refractivity contribution in [3.63, 3.8) is 0 Å². The van der Waals surface area contributed by atoms with Gasteiger partial charge in [-0.2, -0.15) is 0 Å². The van der Waals surface area contributed by atoms with Crippen molar-refractivity contribution in [1.82, 2.24) is 4.98 Å². The van der Waals surface area contributed by atoms with Gasteiger partial charge in [-0.3, -0.25) is 4.98 Å². The molecule has 0 spiro atoms. The van der Waals surface area contributed by atoms with Crippen LogP contribution in [0.25, 0.3) is 0 Å². The largest absolute Gasteiger partial charge is 0.479 e. The number of aromatic nitrogens is 1. The molecule has 1 aromatic rings. The zero-order valence-electron chi connectivity index (χ0n) is 7.52. The van der Waals surface area contributed by atoms with Gasteiger partial charge >= 0.3 is 5.97 Å². The van der Waals surface area contributed by atoms with E-state index in [4.69, 9.17) is 9.84 Å². The van der Waals surface area contributed by atoms with Gasteiger partial charge in [-0.1, -0.05) is 0 Å². The monoisotopic (exact) mass is 181 g/mol. The highest BCUT2D eigenvalue weighted by Gasteiger charge is 2.11. The minimum Gasteiger partial charge on any atom is -0.479 e. The van der Waals surface area contributed by atoms with Crippen molar-refractivity contribution in [3.8, 4) is 5.75 Å². The summed E-state index contributed by atoms with van der Waals surface area (Å²) in [7, 11) is 0. The fourth-order valence-corrected chi connectivity index (χ4v) is 0.778. The Morgan fingerprint density at radius 1 is 1.62 bits per heavy atom. The molecule has 13 heavy (non-hydrogen) atoms. The number of hydrogen-bond acceptors (Lipinski definition) is 3. The van der Waals surface area contributed by atoms with Gasteiger partial charge in [-0.25, -0.2) is 4.79 Å². The van der Waals surface area contributed by atoms with E-state index in [-0.39, 0.29) is 0 Å². The van der Waals surface area contributed by atoms with Crippen molar-refractivity contribution in [2.75, 3.05) is 0 Å². The van der Waals surface area contributed by atoms with Gasteiger partial charge in [0.15, 0.2) is 6.10 Å². The Hall–Kier alpha value is -1.58. The van der Waals surface area contributed by atoms with E-state index in [1.165, 1.54) is 13.1 Å². The topological polar surface area (TPSA) is 59.4 Å². The Balaban J connectivity index is 2.64. The van der Waals surface area contributed by atoms with E-state index < -0.39 is 12.1 Å². The van der Waals surface area contributed by atoms with Crippen molar-refractivity contribution < 1.29 is 14.6 Å². The van der Waals surface area contributed by atoms with Gasteiger partial charge in [0.25, 0.3) is 0 Å². The van der Waals surface area contributed by atoms with Crippen LogP contribution in [-0.4, -0.2) is 22.2 Å². The van der Waals surface area contributed by atoms with Crippen LogP contribution in [0.1, 0.15) is 12.6 Å². The Morgan fingerprint density at radius 3 is 2.77 bits per heavy atom. The molecule has 70 valence electrons. The molecule has 0 aliphatic rings. The summed E-state index contributed by atoms with van der Waals surface area (Å²) >= 11 is 0. The second kappa shape index (κ2) is 3.89. The minimum absolute atomic E-state index is 0.473. The number of carbonyl (C=O) groups is 1. The van der Waals surface area contributed by atoms with Gasteiger partial charge in [0.05, 0.1) is 6.20 Å². The molecule has 0 aliphatic carbocycles. The molecule has 0 saturated carbocycles. The summed E-state index contributed by atoms with van der Waals surface area (Å²) in [6, 6.07) is 3.46. The number of rotatable bonds is 3. The average molecular weight is 181 g/mol. The minimum atomic E-state index is -0.986. The molecule has 0 saturated heterocycles. The van der Waals surface area contributed by atoms with Crippen LogP contribution in [0.2, 0.25) is 0 Å². The summed E-state index contributed by atoms with van der Waals surface area (Å²) in [6.45, 7) is 3.33. The predicted molar refractivity (Wildman–Crippen MR) is 46.7 cm³/mol. The molecule has 1 N–H and O–H groups in total. The molecule has 0 unspecified atom stereocenters. The standard InChI is InChI=1S/C9H11NO3/c1-6-3-4-8(5-10-6)13-7(2)9(11)12/h3-5,7H,1-2H3,(H,11,12)/t7-/m0/s1. The van der Waals surface area contributed by atoms with Crippen LogP contribution in [0.3, 0.4) is 0 Å². The number of nitrogens with zero attached hydrogens (tertiary/aromatic N) is 1. The summed E-state index contributed by atoms with van der Waals surface area (Å²) in [5, 5.41) is 8.55. The number of hydrogen-bond donors (Lipinski definition) is 1. The van der Waals surface area contributed by atoms with Crippen LogP contribution in [0, 0.1) is 6.92 Å². The smallest absolute Gasteiger partial charge is 0.344 e. The Morgan fingerprint density at radius 2 is 2.31 bits per heavy atom. The molecule has 0 aliphatic heterocycles. The Bertz CT molecular complexity index is 294. The van der Waals surface area contributed by atoms with Crippen molar-refractivity contribution in [2.45, 2.75) is 20.0 Å². The zero-order valence-corrected chi connectivity index (χ0v) is 7.52. The Kier molecular flexibility index (Phi) is 2.84. The highest BCUT2D eigenvalue weighted by Crippen LogP contribution is 2.10. The molecule has 0 amide bonds. The molecule has 0 radical (unpaired) electrons. The van der Waals surface area contributed by atoms with Crippen LogP contribution in [0.15, 0.2) is 18.3 Å². The highest BCUT2D eigenvalue weighted by molar-refractivity contribution is 5.72. The maximum absolute atomic E-state index is 10.4. The lowest BCUT2D eigenvalue weighted by Crippen LogP contribution is -2.22. The Labute approximate surface area is 76.2 Å². The molecule has 0 fully saturated rings. The quantitative estimate of drug-likeness (QED) is 0.762. The first-order valence-corrected chi connectivity index (χ1v) is 3.91. The first-order chi connectivity index (χ1) is 6.09. The van der Waals surface area contributed by atoms with Gasteiger partial charge in [-0.15, -0.1) is 0 Å². The molecule has 1 atom stereocenters. The van der Waals surface area contributed by atoms with Crippen molar-refractivity contribution in [2.24, 2.45) is 0 Å². The summed E-state index contributed by atoms with van der Waals surface area (Å²) in [6.07, 6.45) is 0.666. The average Bonchev–Trinajstić information content (AvgIpc) is 2.08. The number of ether oxygens (including phenoxy) is 1. The van der Waals surface area contributed by atoms with Crippen molar-refractivity contribution in [1.29, 1.82) is 0 Å². The van der Waals surface area contributed by atoms with Crippen LogP contribution < -0.4 is 4.74 Å². The summed E-state index contributed by atoms with van der Waals surface area (Å²) in [5.41, 5.74) is 0.871. The van der Waals surface area contributed by atoms with E-state index in [9.17, 15) is 4.79 Å². The van der Waals surface area contributed by atoms with Crippen molar-refractivity contribution in [3.05, 3.63) is 24.0 Å². The van der Waals surface area contributed by atoms with E-state index in [1.807, 2.05) is 6.92 Å². The molecule has 1 rings (SSSR count). The van der Waals surface area contributed by atoms with Gasteiger partial charge in [0.1, 0.15) is 5.75 Å². The van der Waals surface area contributed by atoms with Gasteiger partial charge < -0.3 is 9.84 Å². The second-order valence-electron chi connectivity index (χ2n) is 2.73. The van der Waals surface area contributed by atoms with E-state index >= 15 is 0 Å². The lowest BCUT2D eigenvalue weighted by molar-refractivity contribution is -0.144. The normalized spacial score (nSPS) is 12.2. The number of carboxylic acids is 1. The lowest BCUT2D eigenvalue weighted by Gasteiger charge is -2.09. The first kappa shape index (κ1) is 9.51. The van der Waals surface area contributed by atoms with Crippen LogP contribution in [0.5, 0.6) is 5.75 Å². The molecule has 4 heteroatoms. The fraction of sp³-hybridized carbons (Fsp3) is 0.333. The SMILES string of the molecule is Cc1ccc(O[C@@H](C)C(=O)O)cn1. The lowest BCUT2D eigenvalue weighted by atomic mass is 10.3. The third-order valence-corrected chi connectivity index (χ3v) is 1.54.